The standard InChI is InChI=1S/C17H15NO3/c1-20-17(19)14-7-2-4-8-15(14)18-10-12-11-21-16-9-5-3-6-13(12)16/h2-9,11,18H,10H2,1H3. The average molecular weight is 281 g/mol. The highest BCUT2D eigenvalue weighted by atomic mass is 16.5. The number of fused-ring (bicyclic) bond motifs is 1. The van der Waals surface area contributed by atoms with Crippen LogP contribution in [0.2, 0.25) is 0 Å². The van der Waals surface area contributed by atoms with Crippen LogP contribution in [0.3, 0.4) is 0 Å². The van der Waals surface area contributed by atoms with Crippen molar-refractivity contribution >= 4 is 22.6 Å². The maximum Gasteiger partial charge on any atom is 0.339 e. The lowest BCUT2D eigenvalue weighted by Gasteiger charge is -2.09. The van der Waals surface area contributed by atoms with Crippen molar-refractivity contribution in [3.05, 3.63) is 65.9 Å². The summed E-state index contributed by atoms with van der Waals surface area (Å²) in [5.41, 5.74) is 3.17. The minimum absolute atomic E-state index is 0.352. The van der Waals surface area contributed by atoms with E-state index in [0.717, 1.165) is 22.2 Å². The van der Waals surface area contributed by atoms with E-state index in [2.05, 4.69) is 5.32 Å². The number of nitrogens with one attached hydrogen (secondary N) is 1. The molecule has 0 spiro atoms. The number of hydrogen-bond donors (Lipinski definition) is 1. The van der Waals surface area contributed by atoms with Crippen LogP contribution < -0.4 is 5.32 Å². The van der Waals surface area contributed by atoms with Crippen molar-refractivity contribution in [3.8, 4) is 0 Å². The molecule has 0 unspecified atom stereocenters. The van der Waals surface area contributed by atoms with Crippen molar-refractivity contribution in [2.24, 2.45) is 0 Å². The van der Waals surface area contributed by atoms with Gasteiger partial charge in [-0.3, -0.25) is 0 Å². The highest BCUT2D eigenvalue weighted by Crippen LogP contribution is 2.23. The van der Waals surface area contributed by atoms with Gasteiger partial charge in [-0.1, -0.05) is 30.3 Å². The second-order valence-corrected chi connectivity index (χ2v) is 4.65. The van der Waals surface area contributed by atoms with E-state index in [-0.39, 0.29) is 5.97 Å². The summed E-state index contributed by atoms with van der Waals surface area (Å²) < 4.78 is 10.3. The Bertz CT molecular complexity index is 776. The molecular formula is C17H15NO3. The molecule has 1 heterocycles. The summed E-state index contributed by atoms with van der Waals surface area (Å²) in [5.74, 6) is -0.352. The lowest BCUT2D eigenvalue weighted by Crippen LogP contribution is -2.07. The summed E-state index contributed by atoms with van der Waals surface area (Å²) in [7, 11) is 1.38. The molecule has 0 aliphatic carbocycles. The van der Waals surface area contributed by atoms with Gasteiger partial charge in [0.25, 0.3) is 0 Å². The Morgan fingerprint density at radius 2 is 1.90 bits per heavy atom. The average Bonchev–Trinajstić information content (AvgIpc) is 2.96. The third-order valence-corrected chi connectivity index (χ3v) is 3.36. The van der Waals surface area contributed by atoms with Crippen molar-refractivity contribution in [2.45, 2.75) is 6.54 Å². The zero-order valence-electron chi connectivity index (χ0n) is 11.6. The number of carbonyl (C=O) groups excluding carboxylic acids is 1. The molecule has 21 heavy (non-hydrogen) atoms. The fourth-order valence-corrected chi connectivity index (χ4v) is 2.29. The van der Waals surface area contributed by atoms with Gasteiger partial charge in [-0.05, 0) is 18.2 Å². The molecule has 0 aliphatic rings. The Morgan fingerprint density at radius 3 is 2.76 bits per heavy atom. The fraction of sp³-hybridized carbons (Fsp3) is 0.118. The van der Waals surface area contributed by atoms with Crippen molar-refractivity contribution in [2.75, 3.05) is 12.4 Å². The number of para-hydroxylation sites is 2. The summed E-state index contributed by atoms with van der Waals surface area (Å²) in [6, 6.07) is 15.1. The molecule has 3 rings (SSSR count). The Morgan fingerprint density at radius 1 is 1.14 bits per heavy atom. The van der Waals surface area contributed by atoms with Gasteiger partial charge < -0.3 is 14.5 Å². The van der Waals surface area contributed by atoms with Crippen molar-refractivity contribution in [3.63, 3.8) is 0 Å². The maximum atomic E-state index is 11.7. The van der Waals surface area contributed by atoms with Crippen molar-refractivity contribution < 1.29 is 13.9 Å². The predicted octanol–water partition coefficient (Wildman–Crippen LogP) is 3.83. The van der Waals surface area contributed by atoms with Crippen LogP contribution in [-0.2, 0) is 11.3 Å². The molecule has 2 aromatic carbocycles. The third-order valence-electron chi connectivity index (χ3n) is 3.36. The van der Waals surface area contributed by atoms with Gasteiger partial charge in [-0.25, -0.2) is 4.79 Å². The van der Waals surface area contributed by atoms with Crippen LogP contribution in [0.1, 0.15) is 15.9 Å². The summed E-state index contributed by atoms with van der Waals surface area (Å²) in [6.45, 7) is 0.574. The van der Waals surface area contributed by atoms with Crippen LogP contribution >= 0.6 is 0 Å². The minimum atomic E-state index is -0.352. The van der Waals surface area contributed by atoms with E-state index in [0.29, 0.717) is 12.1 Å². The number of carbonyl (C=O) groups is 1. The molecule has 106 valence electrons. The molecule has 0 saturated heterocycles. The first-order chi connectivity index (χ1) is 10.3. The second kappa shape index (κ2) is 5.71. The number of anilines is 1. The molecule has 1 aromatic heterocycles. The smallest absolute Gasteiger partial charge is 0.339 e. The van der Waals surface area contributed by atoms with E-state index in [9.17, 15) is 4.79 Å². The number of esters is 1. The molecule has 4 nitrogen and oxygen atoms in total. The van der Waals surface area contributed by atoms with Crippen molar-refractivity contribution in [1.82, 2.24) is 0 Å². The third kappa shape index (κ3) is 2.60. The van der Waals surface area contributed by atoms with Crippen LogP contribution in [0, 0.1) is 0 Å². The molecule has 0 saturated carbocycles. The Hall–Kier alpha value is -2.75. The molecule has 4 heteroatoms. The fourth-order valence-electron chi connectivity index (χ4n) is 2.29. The summed E-state index contributed by atoms with van der Waals surface area (Å²) in [6.07, 6.45) is 1.73. The molecule has 3 aromatic rings. The first kappa shape index (κ1) is 13.2. The van der Waals surface area contributed by atoms with Crippen LogP contribution in [0.15, 0.2) is 59.2 Å². The van der Waals surface area contributed by atoms with Gasteiger partial charge in [0.15, 0.2) is 0 Å². The largest absolute Gasteiger partial charge is 0.465 e. The maximum absolute atomic E-state index is 11.7. The molecular weight excluding hydrogens is 266 g/mol. The summed E-state index contributed by atoms with van der Waals surface area (Å²) in [5, 5.41) is 4.33. The van der Waals surface area contributed by atoms with Gasteiger partial charge in [0.1, 0.15) is 5.58 Å². The van der Waals surface area contributed by atoms with E-state index in [1.807, 2.05) is 42.5 Å². The first-order valence-electron chi connectivity index (χ1n) is 6.66. The number of rotatable bonds is 4. The number of methoxy groups -OCH3 is 1. The lowest BCUT2D eigenvalue weighted by molar-refractivity contribution is 0.0602. The van der Waals surface area contributed by atoms with Crippen LogP contribution in [0.25, 0.3) is 11.0 Å². The van der Waals surface area contributed by atoms with E-state index < -0.39 is 0 Å². The molecule has 0 aliphatic heterocycles. The highest BCUT2D eigenvalue weighted by Gasteiger charge is 2.11. The Kier molecular flexibility index (Phi) is 3.60. The van der Waals surface area contributed by atoms with E-state index in [4.69, 9.17) is 9.15 Å². The zero-order chi connectivity index (χ0) is 14.7. The van der Waals surface area contributed by atoms with Crippen LogP contribution in [-0.4, -0.2) is 13.1 Å². The lowest BCUT2D eigenvalue weighted by atomic mass is 10.1. The Balaban J connectivity index is 1.84. The number of ether oxygens (including phenoxy) is 1. The predicted molar refractivity (Wildman–Crippen MR) is 81.3 cm³/mol. The molecule has 0 fully saturated rings. The minimum Gasteiger partial charge on any atom is -0.465 e. The second-order valence-electron chi connectivity index (χ2n) is 4.65. The summed E-state index contributed by atoms with van der Waals surface area (Å²) in [4.78, 5) is 11.7. The SMILES string of the molecule is COC(=O)c1ccccc1NCc1coc2ccccc12. The monoisotopic (exact) mass is 281 g/mol. The molecule has 0 atom stereocenters. The number of furan rings is 1. The van der Waals surface area contributed by atoms with Gasteiger partial charge in [0.2, 0.25) is 0 Å². The highest BCUT2D eigenvalue weighted by molar-refractivity contribution is 5.95. The van der Waals surface area contributed by atoms with Gasteiger partial charge in [0, 0.05) is 23.2 Å². The van der Waals surface area contributed by atoms with Gasteiger partial charge >= 0.3 is 5.97 Å². The topological polar surface area (TPSA) is 51.5 Å². The molecule has 0 radical (unpaired) electrons. The zero-order valence-corrected chi connectivity index (χ0v) is 11.6. The van der Waals surface area contributed by atoms with Crippen molar-refractivity contribution in [1.29, 1.82) is 0 Å². The molecule has 0 bridgehead atoms. The normalized spacial score (nSPS) is 10.5. The first-order valence-corrected chi connectivity index (χ1v) is 6.66. The Labute approximate surface area is 122 Å². The van der Waals surface area contributed by atoms with Crippen LogP contribution in [0.5, 0.6) is 0 Å². The van der Waals surface area contributed by atoms with E-state index >= 15 is 0 Å². The summed E-state index contributed by atoms with van der Waals surface area (Å²) >= 11 is 0. The quantitative estimate of drug-likeness (QED) is 0.738. The molecule has 1 N–H and O–H groups in total. The number of hydrogen-bond acceptors (Lipinski definition) is 4. The van der Waals surface area contributed by atoms with E-state index in [1.165, 1.54) is 7.11 Å². The van der Waals surface area contributed by atoms with Gasteiger partial charge in [-0.2, -0.15) is 0 Å². The number of benzene rings is 2. The van der Waals surface area contributed by atoms with Gasteiger partial charge in [0.05, 0.1) is 18.9 Å². The van der Waals surface area contributed by atoms with Crippen LogP contribution in [0.4, 0.5) is 5.69 Å². The molecule has 0 amide bonds. The van der Waals surface area contributed by atoms with E-state index in [1.54, 1.807) is 12.3 Å². The van der Waals surface area contributed by atoms with Gasteiger partial charge in [-0.15, -0.1) is 0 Å².